The largest absolute Gasteiger partial charge is 0.479 e. The van der Waals surface area contributed by atoms with Crippen molar-refractivity contribution in [2.24, 2.45) is 0 Å². The van der Waals surface area contributed by atoms with Crippen molar-refractivity contribution in [3.05, 3.63) is 60.8 Å². The van der Waals surface area contributed by atoms with E-state index in [1.54, 1.807) is 0 Å². The molecule has 1 aliphatic rings. The van der Waals surface area contributed by atoms with Gasteiger partial charge in [-0.1, -0.05) is 165 Å². The van der Waals surface area contributed by atoms with E-state index < -0.39 is 67.3 Å². The fraction of sp³-hybridized carbons (Fsp3) is 0.745. The number of esters is 3. The first-order chi connectivity index (χ1) is 32.6. The molecule has 0 amide bonds. The Balaban J connectivity index is 2.74. The Hall–Kier alpha value is -3.58. The minimum absolute atomic E-state index is 0.0385. The summed E-state index contributed by atoms with van der Waals surface area (Å²) in [5.41, 5.74) is 0. The normalized spacial score (nSPS) is 19.3. The number of aliphatic hydroxyl groups is 2. The van der Waals surface area contributed by atoms with Crippen LogP contribution in [0.15, 0.2) is 60.8 Å². The SMILES string of the molecule is CC/C=C\C/C=C\C/C=C\CCCCCCCC(=O)OC1C(OCC(COC(=O)CCCCCCC/C=C\CCCC)OC(=O)CCCCCCC/C=C\CCCC)OC(C(=O)O)C(O)C1O. The number of hydrogen-bond acceptors (Lipinski definition) is 11. The van der Waals surface area contributed by atoms with Gasteiger partial charge in [-0.15, -0.1) is 0 Å². The minimum Gasteiger partial charge on any atom is -0.479 e. The number of aliphatic hydroxyl groups excluding tert-OH is 2. The Morgan fingerprint density at radius 2 is 0.940 bits per heavy atom. The van der Waals surface area contributed by atoms with Crippen LogP contribution in [0.25, 0.3) is 0 Å². The van der Waals surface area contributed by atoms with E-state index in [0.29, 0.717) is 19.3 Å². The monoisotopic (exact) mass is 945 g/mol. The lowest BCUT2D eigenvalue weighted by Gasteiger charge is -2.40. The lowest BCUT2D eigenvalue weighted by atomic mass is 9.98. The second-order valence-corrected chi connectivity index (χ2v) is 17.8. The van der Waals surface area contributed by atoms with Crippen molar-refractivity contribution in [3.63, 3.8) is 0 Å². The van der Waals surface area contributed by atoms with Gasteiger partial charge in [0.2, 0.25) is 0 Å². The third-order valence-electron chi connectivity index (χ3n) is 11.5. The van der Waals surface area contributed by atoms with Gasteiger partial charge in [0.05, 0.1) is 6.61 Å². The van der Waals surface area contributed by atoms with Crippen LogP contribution in [0.2, 0.25) is 0 Å². The van der Waals surface area contributed by atoms with Gasteiger partial charge >= 0.3 is 23.9 Å². The van der Waals surface area contributed by atoms with Crippen LogP contribution in [-0.4, -0.2) is 89.2 Å². The van der Waals surface area contributed by atoms with Gasteiger partial charge < -0.3 is 39.0 Å². The third-order valence-corrected chi connectivity index (χ3v) is 11.5. The maximum Gasteiger partial charge on any atom is 0.335 e. The van der Waals surface area contributed by atoms with Gasteiger partial charge in [-0.3, -0.25) is 14.4 Å². The zero-order valence-corrected chi connectivity index (χ0v) is 41.9. The van der Waals surface area contributed by atoms with Gasteiger partial charge in [-0.05, 0) is 89.9 Å². The number of aliphatic carboxylic acids is 1. The molecule has 0 aromatic rings. The van der Waals surface area contributed by atoms with E-state index in [1.807, 2.05) is 0 Å². The highest BCUT2D eigenvalue weighted by atomic mass is 16.7. The maximum absolute atomic E-state index is 13.0. The number of unbranched alkanes of at least 4 members (excludes halogenated alkanes) is 19. The first-order valence-corrected chi connectivity index (χ1v) is 26.3. The summed E-state index contributed by atoms with van der Waals surface area (Å²) >= 11 is 0. The molecule has 1 rings (SSSR count). The molecular formula is C55H92O12. The third kappa shape index (κ3) is 34.4. The molecule has 1 fully saturated rings. The number of hydrogen-bond donors (Lipinski definition) is 3. The molecule has 12 heteroatoms. The summed E-state index contributed by atoms with van der Waals surface area (Å²) in [4.78, 5) is 50.8. The van der Waals surface area contributed by atoms with Gasteiger partial charge in [0.15, 0.2) is 24.6 Å². The lowest BCUT2D eigenvalue weighted by molar-refractivity contribution is -0.301. The molecule has 0 aromatic carbocycles. The van der Waals surface area contributed by atoms with Crippen LogP contribution in [0.3, 0.4) is 0 Å². The van der Waals surface area contributed by atoms with Gasteiger partial charge in [0, 0.05) is 19.3 Å². The van der Waals surface area contributed by atoms with E-state index in [-0.39, 0.29) is 25.9 Å². The summed E-state index contributed by atoms with van der Waals surface area (Å²) in [6.07, 6.45) is 39.3. The molecule has 3 N–H and O–H groups in total. The Labute approximate surface area is 405 Å². The summed E-state index contributed by atoms with van der Waals surface area (Å²) in [5, 5.41) is 31.3. The number of carbonyl (C=O) groups is 4. The first-order valence-electron chi connectivity index (χ1n) is 26.3. The molecule has 0 bridgehead atoms. The molecule has 67 heavy (non-hydrogen) atoms. The van der Waals surface area contributed by atoms with E-state index in [1.165, 1.54) is 25.7 Å². The summed E-state index contributed by atoms with van der Waals surface area (Å²) in [5.74, 6) is -3.17. The predicted molar refractivity (Wildman–Crippen MR) is 266 cm³/mol. The predicted octanol–water partition coefficient (Wildman–Crippen LogP) is 12.4. The molecule has 0 saturated carbocycles. The summed E-state index contributed by atoms with van der Waals surface area (Å²) in [6, 6.07) is 0. The van der Waals surface area contributed by atoms with E-state index in [4.69, 9.17) is 23.7 Å². The quantitative estimate of drug-likeness (QED) is 0.0229. The second kappa shape index (κ2) is 43.7. The fourth-order valence-electron chi connectivity index (χ4n) is 7.46. The Kier molecular flexibility index (Phi) is 40.1. The van der Waals surface area contributed by atoms with Gasteiger partial charge in [-0.25, -0.2) is 4.79 Å². The smallest absolute Gasteiger partial charge is 0.335 e. The maximum atomic E-state index is 13.0. The van der Waals surface area contributed by atoms with Crippen LogP contribution in [0.1, 0.15) is 213 Å². The zero-order chi connectivity index (χ0) is 49.0. The van der Waals surface area contributed by atoms with Gasteiger partial charge in [0.1, 0.15) is 18.8 Å². The molecule has 6 unspecified atom stereocenters. The molecule has 384 valence electrons. The highest BCUT2D eigenvalue weighted by molar-refractivity contribution is 5.74. The summed E-state index contributed by atoms with van der Waals surface area (Å²) in [7, 11) is 0. The van der Waals surface area contributed by atoms with Crippen molar-refractivity contribution in [2.45, 2.75) is 250 Å². The minimum atomic E-state index is -1.91. The van der Waals surface area contributed by atoms with E-state index in [2.05, 4.69) is 81.5 Å². The summed E-state index contributed by atoms with van der Waals surface area (Å²) in [6.45, 7) is 5.75. The molecular weight excluding hydrogens is 853 g/mol. The Morgan fingerprint density at radius 1 is 0.507 bits per heavy atom. The molecule has 12 nitrogen and oxygen atoms in total. The fourth-order valence-corrected chi connectivity index (χ4v) is 7.46. The number of ether oxygens (including phenoxy) is 5. The Morgan fingerprint density at radius 3 is 1.45 bits per heavy atom. The molecule has 1 aliphatic heterocycles. The topological polar surface area (TPSA) is 175 Å². The number of allylic oxidation sites excluding steroid dienone is 10. The van der Waals surface area contributed by atoms with Crippen molar-refractivity contribution < 1.29 is 58.2 Å². The molecule has 0 radical (unpaired) electrons. The van der Waals surface area contributed by atoms with E-state index in [9.17, 15) is 34.5 Å². The number of rotatable bonds is 43. The standard InChI is InChI=1S/C55H92O12/c1-4-7-10-13-16-19-22-23-24-25-28-31-34-37-40-43-49(58)66-53-51(60)50(59)52(54(61)62)67-55(53)64-45-46(65-48(57)42-39-36-33-30-27-21-18-15-12-9-6-3)44-63-47(56)41-38-35-32-29-26-20-17-14-11-8-5-2/h7,10,14-19,23-24,46,50-53,55,59-60H,4-6,8-9,11-13,20-22,25-45H2,1-3H3,(H,61,62)/b10-7-,17-14-,18-15-,19-16-,24-23-. The zero-order valence-electron chi connectivity index (χ0n) is 41.9. The van der Waals surface area contributed by atoms with Gasteiger partial charge in [0.25, 0.3) is 0 Å². The van der Waals surface area contributed by atoms with Crippen molar-refractivity contribution in [1.82, 2.24) is 0 Å². The van der Waals surface area contributed by atoms with Crippen LogP contribution in [0.4, 0.5) is 0 Å². The molecule has 0 aromatic heterocycles. The number of carboxylic acids is 1. The number of carboxylic acid groups (broad SMARTS) is 1. The highest BCUT2D eigenvalue weighted by Crippen LogP contribution is 2.26. The van der Waals surface area contributed by atoms with Crippen LogP contribution in [0.5, 0.6) is 0 Å². The number of carbonyl (C=O) groups excluding carboxylic acids is 3. The van der Waals surface area contributed by atoms with Gasteiger partial charge in [-0.2, -0.15) is 0 Å². The molecule has 1 saturated heterocycles. The Bertz CT molecular complexity index is 1400. The van der Waals surface area contributed by atoms with E-state index >= 15 is 0 Å². The first kappa shape index (κ1) is 61.4. The molecule has 6 atom stereocenters. The average molecular weight is 945 g/mol. The molecule has 1 heterocycles. The second-order valence-electron chi connectivity index (χ2n) is 17.8. The van der Waals surface area contributed by atoms with E-state index in [0.717, 1.165) is 128 Å². The lowest BCUT2D eigenvalue weighted by Crippen LogP contribution is -2.61. The van der Waals surface area contributed by atoms with Crippen LogP contribution in [-0.2, 0) is 42.9 Å². The van der Waals surface area contributed by atoms with Crippen LogP contribution >= 0.6 is 0 Å². The van der Waals surface area contributed by atoms with Crippen molar-refractivity contribution in [1.29, 1.82) is 0 Å². The van der Waals surface area contributed by atoms with Crippen molar-refractivity contribution in [3.8, 4) is 0 Å². The van der Waals surface area contributed by atoms with Crippen molar-refractivity contribution in [2.75, 3.05) is 13.2 Å². The average Bonchev–Trinajstić information content (AvgIpc) is 3.31. The summed E-state index contributed by atoms with van der Waals surface area (Å²) < 4.78 is 28.2. The molecule has 0 aliphatic carbocycles. The van der Waals surface area contributed by atoms with Crippen LogP contribution in [0, 0.1) is 0 Å². The van der Waals surface area contributed by atoms with Crippen LogP contribution < -0.4 is 0 Å². The van der Waals surface area contributed by atoms with Crippen molar-refractivity contribution >= 4 is 23.9 Å². The molecule has 0 spiro atoms. The highest BCUT2D eigenvalue weighted by Gasteiger charge is 2.50.